The zero-order chi connectivity index (χ0) is 10.4. The molecule has 3 heteroatoms. The van der Waals surface area contributed by atoms with E-state index >= 15 is 0 Å². The molecular formula is C11H18N2O. The predicted octanol–water partition coefficient (Wildman–Crippen LogP) is 2.48. The molecule has 1 heterocycles. The van der Waals surface area contributed by atoms with E-state index in [1.807, 2.05) is 6.07 Å². The van der Waals surface area contributed by atoms with Gasteiger partial charge >= 0.3 is 0 Å². The van der Waals surface area contributed by atoms with Gasteiger partial charge in [-0.3, -0.25) is 0 Å². The van der Waals surface area contributed by atoms with Crippen LogP contribution in [0.15, 0.2) is 18.3 Å². The van der Waals surface area contributed by atoms with Crippen molar-refractivity contribution < 1.29 is 4.74 Å². The maximum Gasteiger partial charge on any atom is 0.126 e. The van der Waals surface area contributed by atoms with Gasteiger partial charge in [0.05, 0.1) is 6.61 Å². The standard InChI is InChI=1S/C11H18N2O/c1-9(2)4-3-7-14-10-5-6-13-11(12)8-10/h5-6,8-9H,3-4,7H2,1-2H3,(H2,12,13). The van der Waals surface area contributed by atoms with Crippen LogP contribution in [0.2, 0.25) is 0 Å². The number of hydrogen-bond acceptors (Lipinski definition) is 3. The minimum atomic E-state index is 0.506. The molecule has 0 aliphatic rings. The number of nitrogen functional groups attached to an aromatic ring is 1. The Bertz CT molecular complexity index is 274. The Balaban J connectivity index is 2.25. The van der Waals surface area contributed by atoms with Gasteiger partial charge in [0.15, 0.2) is 0 Å². The Morgan fingerprint density at radius 1 is 1.50 bits per heavy atom. The Labute approximate surface area is 85.3 Å². The fraction of sp³-hybridized carbons (Fsp3) is 0.545. The van der Waals surface area contributed by atoms with E-state index in [9.17, 15) is 0 Å². The molecule has 0 aliphatic heterocycles. The summed E-state index contributed by atoms with van der Waals surface area (Å²) in [7, 11) is 0. The van der Waals surface area contributed by atoms with Crippen LogP contribution in [0.25, 0.3) is 0 Å². The number of rotatable bonds is 5. The van der Waals surface area contributed by atoms with Gasteiger partial charge in [0.2, 0.25) is 0 Å². The molecule has 1 aromatic rings. The topological polar surface area (TPSA) is 48.1 Å². The lowest BCUT2D eigenvalue weighted by Crippen LogP contribution is -2.00. The van der Waals surface area contributed by atoms with Crippen LogP contribution in [0.3, 0.4) is 0 Å². The average molecular weight is 194 g/mol. The molecule has 0 unspecified atom stereocenters. The monoisotopic (exact) mass is 194 g/mol. The number of hydrogen-bond donors (Lipinski definition) is 1. The first-order valence-corrected chi connectivity index (χ1v) is 5.03. The number of ether oxygens (including phenoxy) is 1. The number of anilines is 1. The van der Waals surface area contributed by atoms with E-state index < -0.39 is 0 Å². The van der Waals surface area contributed by atoms with Crippen LogP contribution in [0.4, 0.5) is 5.82 Å². The van der Waals surface area contributed by atoms with Crippen molar-refractivity contribution in [3.05, 3.63) is 18.3 Å². The summed E-state index contributed by atoms with van der Waals surface area (Å²) in [5.41, 5.74) is 5.52. The molecular weight excluding hydrogens is 176 g/mol. The third-order valence-electron chi connectivity index (χ3n) is 1.95. The molecule has 0 fully saturated rings. The smallest absolute Gasteiger partial charge is 0.126 e. The largest absolute Gasteiger partial charge is 0.493 e. The first-order chi connectivity index (χ1) is 6.68. The molecule has 1 rings (SSSR count). The van der Waals surface area contributed by atoms with E-state index in [4.69, 9.17) is 10.5 Å². The molecule has 14 heavy (non-hydrogen) atoms. The quantitative estimate of drug-likeness (QED) is 0.732. The van der Waals surface area contributed by atoms with Gasteiger partial charge in [0, 0.05) is 12.3 Å². The number of pyridine rings is 1. The lowest BCUT2D eigenvalue weighted by atomic mass is 10.1. The summed E-state index contributed by atoms with van der Waals surface area (Å²) in [6.45, 7) is 5.18. The van der Waals surface area contributed by atoms with Crippen molar-refractivity contribution in [2.45, 2.75) is 26.7 Å². The van der Waals surface area contributed by atoms with Gasteiger partial charge in [-0.25, -0.2) is 4.98 Å². The molecule has 0 bridgehead atoms. The summed E-state index contributed by atoms with van der Waals surface area (Å²) < 4.78 is 5.52. The molecule has 0 aliphatic carbocycles. The first kappa shape index (κ1) is 10.8. The van der Waals surface area contributed by atoms with Gasteiger partial charge in [-0.05, 0) is 24.8 Å². The second-order valence-electron chi connectivity index (χ2n) is 3.80. The minimum Gasteiger partial charge on any atom is -0.493 e. The zero-order valence-corrected chi connectivity index (χ0v) is 8.86. The summed E-state index contributed by atoms with van der Waals surface area (Å²) in [5.74, 6) is 2.05. The zero-order valence-electron chi connectivity index (χ0n) is 8.86. The highest BCUT2D eigenvalue weighted by atomic mass is 16.5. The first-order valence-electron chi connectivity index (χ1n) is 5.03. The number of nitrogens with two attached hydrogens (primary N) is 1. The molecule has 0 radical (unpaired) electrons. The van der Waals surface area contributed by atoms with Crippen LogP contribution in [-0.2, 0) is 0 Å². The Hall–Kier alpha value is -1.25. The highest BCUT2D eigenvalue weighted by Gasteiger charge is 1.96. The summed E-state index contributed by atoms with van der Waals surface area (Å²) in [5, 5.41) is 0. The molecule has 0 saturated heterocycles. The van der Waals surface area contributed by atoms with Crippen molar-refractivity contribution in [3.8, 4) is 5.75 Å². The van der Waals surface area contributed by atoms with Gasteiger partial charge in [-0.1, -0.05) is 13.8 Å². The molecule has 1 aromatic heterocycles. The van der Waals surface area contributed by atoms with Crippen LogP contribution in [-0.4, -0.2) is 11.6 Å². The van der Waals surface area contributed by atoms with Crippen LogP contribution in [0, 0.1) is 5.92 Å². The minimum absolute atomic E-state index is 0.506. The molecule has 0 aromatic carbocycles. The summed E-state index contributed by atoms with van der Waals surface area (Å²) in [6, 6.07) is 3.57. The third kappa shape index (κ3) is 4.12. The fourth-order valence-corrected chi connectivity index (χ4v) is 1.20. The Kier molecular flexibility index (Phi) is 4.23. The van der Waals surface area contributed by atoms with Crippen molar-refractivity contribution in [2.24, 2.45) is 5.92 Å². The van der Waals surface area contributed by atoms with Crippen LogP contribution in [0.5, 0.6) is 5.75 Å². The molecule has 0 spiro atoms. The molecule has 78 valence electrons. The van der Waals surface area contributed by atoms with Gasteiger partial charge < -0.3 is 10.5 Å². The lowest BCUT2D eigenvalue weighted by Gasteiger charge is -2.07. The van der Waals surface area contributed by atoms with Crippen molar-refractivity contribution in [1.29, 1.82) is 0 Å². The van der Waals surface area contributed by atoms with E-state index in [1.165, 1.54) is 6.42 Å². The fourth-order valence-electron chi connectivity index (χ4n) is 1.20. The van der Waals surface area contributed by atoms with E-state index in [2.05, 4.69) is 18.8 Å². The van der Waals surface area contributed by atoms with Gasteiger partial charge in [-0.2, -0.15) is 0 Å². The molecule has 0 saturated carbocycles. The van der Waals surface area contributed by atoms with E-state index in [0.29, 0.717) is 5.82 Å². The average Bonchev–Trinajstić information content (AvgIpc) is 2.12. The van der Waals surface area contributed by atoms with Gasteiger partial charge in [0.25, 0.3) is 0 Å². The van der Waals surface area contributed by atoms with E-state index in [-0.39, 0.29) is 0 Å². The highest BCUT2D eigenvalue weighted by Crippen LogP contribution is 2.13. The predicted molar refractivity (Wildman–Crippen MR) is 58.2 cm³/mol. The molecule has 2 N–H and O–H groups in total. The maximum atomic E-state index is 5.52. The van der Waals surface area contributed by atoms with Gasteiger partial charge in [0.1, 0.15) is 11.6 Å². The Morgan fingerprint density at radius 3 is 2.93 bits per heavy atom. The van der Waals surface area contributed by atoms with E-state index in [0.717, 1.165) is 24.7 Å². The molecule has 3 nitrogen and oxygen atoms in total. The normalized spacial score (nSPS) is 10.5. The van der Waals surface area contributed by atoms with Crippen molar-refractivity contribution in [1.82, 2.24) is 4.98 Å². The van der Waals surface area contributed by atoms with Crippen LogP contribution < -0.4 is 10.5 Å². The summed E-state index contributed by atoms with van der Waals surface area (Å²) in [4.78, 5) is 3.89. The van der Waals surface area contributed by atoms with E-state index in [1.54, 1.807) is 12.3 Å². The van der Waals surface area contributed by atoms with Gasteiger partial charge in [-0.15, -0.1) is 0 Å². The van der Waals surface area contributed by atoms with Crippen molar-refractivity contribution >= 4 is 5.82 Å². The lowest BCUT2D eigenvalue weighted by molar-refractivity contribution is 0.297. The second kappa shape index (κ2) is 5.47. The SMILES string of the molecule is CC(C)CCCOc1ccnc(N)c1. The third-order valence-corrected chi connectivity index (χ3v) is 1.95. The maximum absolute atomic E-state index is 5.52. The molecule has 0 atom stereocenters. The van der Waals surface area contributed by atoms with Crippen LogP contribution >= 0.6 is 0 Å². The number of nitrogens with zero attached hydrogens (tertiary/aromatic N) is 1. The second-order valence-corrected chi connectivity index (χ2v) is 3.80. The Morgan fingerprint density at radius 2 is 2.29 bits per heavy atom. The number of aromatic nitrogens is 1. The van der Waals surface area contributed by atoms with Crippen molar-refractivity contribution in [2.75, 3.05) is 12.3 Å². The highest BCUT2D eigenvalue weighted by molar-refractivity contribution is 5.35. The van der Waals surface area contributed by atoms with Crippen LogP contribution in [0.1, 0.15) is 26.7 Å². The van der Waals surface area contributed by atoms with Crippen molar-refractivity contribution in [3.63, 3.8) is 0 Å². The molecule has 0 amide bonds. The summed E-state index contributed by atoms with van der Waals surface area (Å²) in [6.07, 6.45) is 3.94. The summed E-state index contributed by atoms with van der Waals surface area (Å²) >= 11 is 0.